The average Bonchev–Trinajstić information content (AvgIpc) is 2.27. The van der Waals surface area contributed by atoms with Crippen LogP contribution < -0.4 is 5.32 Å². The minimum atomic E-state index is -0.846. The van der Waals surface area contributed by atoms with E-state index < -0.39 is 11.9 Å². The lowest BCUT2D eigenvalue weighted by atomic mass is 10.1. The molecule has 0 radical (unpaired) electrons. The molecule has 2 unspecified atom stereocenters. The molecule has 1 amide bonds. The van der Waals surface area contributed by atoms with Crippen molar-refractivity contribution in [2.45, 2.75) is 26.8 Å². The third kappa shape index (κ3) is 7.24. The number of ether oxygens (including phenoxy) is 1. The smallest absolute Gasteiger partial charge is 0.307 e. The van der Waals surface area contributed by atoms with Gasteiger partial charge in [0.1, 0.15) is 0 Å². The van der Waals surface area contributed by atoms with Gasteiger partial charge in [-0.1, -0.05) is 13.8 Å². The number of rotatable bonds is 9. The first-order valence-electron chi connectivity index (χ1n) is 6.14. The molecule has 0 aromatic rings. The van der Waals surface area contributed by atoms with E-state index in [1.54, 1.807) is 14.0 Å². The zero-order valence-electron chi connectivity index (χ0n) is 11.6. The SMILES string of the molecule is CCN(CC(=O)NC(C)COC)CC(C)C(=O)O. The molecule has 106 valence electrons. The van der Waals surface area contributed by atoms with Crippen LogP contribution in [-0.4, -0.2) is 61.3 Å². The number of likely N-dealkylation sites (N-methyl/N-ethyl adjacent to an activating group) is 1. The van der Waals surface area contributed by atoms with Crippen molar-refractivity contribution in [2.75, 3.05) is 33.4 Å². The Morgan fingerprint density at radius 2 is 2.00 bits per heavy atom. The van der Waals surface area contributed by atoms with Crippen molar-refractivity contribution in [3.63, 3.8) is 0 Å². The van der Waals surface area contributed by atoms with Crippen molar-refractivity contribution in [1.29, 1.82) is 0 Å². The molecular formula is C12H24N2O4. The lowest BCUT2D eigenvalue weighted by Crippen LogP contribution is -2.44. The zero-order chi connectivity index (χ0) is 14.1. The average molecular weight is 260 g/mol. The van der Waals surface area contributed by atoms with Crippen molar-refractivity contribution >= 4 is 11.9 Å². The van der Waals surface area contributed by atoms with Crippen LogP contribution in [0.15, 0.2) is 0 Å². The Morgan fingerprint density at radius 1 is 1.39 bits per heavy atom. The molecule has 0 aromatic carbocycles. The van der Waals surface area contributed by atoms with E-state index in [9.17, 15) is 9.59 Å². The fourth-order valence-corrected chi connectivity index (χ4v) is 1.59. The highest BCUT2D eigenvalue weighted by atomic mass is 16.5. The van der Waals surface area contributed by atoms with Crippen LogP contribution in [0.2, 0.25) is 0 Å². The summed E-state index contributed by atoms with van der Waals surface area (Å²) in [7, 11) is 1.58. The number of hydrogen-bond acceptors (Lipinski definition) is 4. The fourth-order valence-electron chi connectivity index (χ4n) is 1.59. The highest BCUT2D eigenvalue weighted by Crippen LogP contribution is 2.00. The molecule has 0 bridgehead atoms. The summed E-state index contributed by atoms with van der Waals surface area (Å²) < 4.78 is 4.93. The van der Waals surface area contributed by atoms with Gasteiger partial charge in [-0.3, -0.25) is 14.5 Å². The first-order valence-corrected chi connectivity index (χ1v) is 6.14. The van der Waals surface area contributed by atoms with Gasteiger partial charge in [-0.15, -0.1) is 0 Å². The largest absolute Gasteiger partial charge is 0.481 e. The van der Waals surface area contributed by atoms with Gasteiger partial charge in [-0.2, -0.15) is 0 Å². The molecule has 6 heteroatoms. The van der Waals surface area contributed by atoms with E-state index in [0.717, 1.165) is 0 Å². The molecule has 0 aliphatic heterocycles. The molecule has 18 heavy (non-hydrogen) atoms. The third-order valence-corrected chi connectivity index (χ3v) is 2.59. The molecule has 0 aromatic heterocycles. The minimum absolute atomic E-state index is 0.0434. The second-order valence-corrected chi connectivity index (χ2v) is 4.49. The van der Waals surface area contributed by atoms with Gasteiger partial charge in [-0.25, -0.2) is 0 Å². The number of hydrogen-bond donors (Lipinski definition) is 2. The van der Waals surface area contributed by atoms with Crippen LogP contribution >= 0.6 is 0 Å². The quantitative estimate of drug-likeness (QED) is 0.618. The zero-order valence-corrected chi connectivity index (χ0v) is 11.6. The summed E-state index contributed by atoms with van der Waals surface area (Å²) in [6.07, 6.45) is 0. The number of carboxylic acids is 1. The lowest BCUT2D eigenvalue weighted by Gasteiger charge is -2.23. The van der Waals surface area contributed by atoms with E-state index in [1.165, 1.54) is 0 Å². The van der Waals surface area contributed by atoms with Crippen LogP contribution in [-0.2, 0) is 14.3 Å². The highest BCUT2D eigenvalue weighted by molar-refractivity contribution is 5.78. The summed E-state index contributed by atoms with van der Waals surface area (Å²) in [6, 6.07) is -0.0434. The number of aliphatic carboxylic acids is 1. The van der Waals surface area contributed by atoms with E-state index >= 15 is 0 Å². The number of nitrogens with zero attached hydrogens (tertiary/aromatic N) is 1. The van der Waals surface area contributed by atoms with Crippen LogP contribution in [0.4, 0.5) is 0 Å². The Kier molecular flexibility index (Phi) is 8.32. The Balaban J connectivity index is 4.11. The first-order chi connectivity index (χ1) is 8.40. The maximum atomic E-state index is 11.7. The molecule has 0 aliphatic rings. The van der Waals surface area contributed by atoms with Gasteiger partial charge < -0.3 is 15.2 Å². The topological polar surface area (TPSA) is 78.9 Å². The summed E-state index contributed by atoms with van der Waals surface area (Å²) in [5, 5.41) is 11.6. The summed E-state index contributed by atoms with van der Waals surface area (Å²) in [6.45, 7) is 7.08. The number of carbonyl (C=O) groups is 2. The Morgan fingerprint density at radius 3 is 2.44 bits per heavy atom. The molecule has 2 N–H and O–H groups in total. The standard InChI is InChI=1S/C12H24N2O4/c1-5-14(6-9(2)12(16)17)7-11(15)13-10(3)8-18-4/h9-10H,5-8H2,1-4H3,(H,13,15)(H,16,17). The second-order valence-electron chi connectivity index (χ2n) is 4.49. The molecule has 0 spiro atoms. The number of methoxy groups -OCH3 is 1. The molecule has 2 atom stereocenters. The van der Waals surface area contributed by atoms with Gasteiger partial charge in [0.05, 0.1) is 19.1 Å². The van der Waals surface area contributed by atoms with Gasteiger partial charge in [0.2, 0.25) is 5.91 Å². The van der Waals surface area contributed by atoms with Crippen molar-refractivity contribution in [3.8, 4) is 0 Å². The van der Waals surface area contributed by atoms with Crippen LogP contribution in [0.1, 0.15) is 20.8 Å². The summed E-state index contributed by atoms with van der Waals surface area (Å²) in [5.74, 6) is -1.44. The molecule has 0 rings (SSSR count). The second kappa shape index (κ2) is 8.88. The predicted octanol–water partition coefficient (Wildman–Crippen LogP) is 0.180. The molecule has 0 fully saturated rings. The normalized spacial score (nSPS) is 14.3. The van der Waals surface area contributed by atoms with Gasteiger partial charge in [-0.05, 0) is 13.5 Å². The van der Waals surface area contributed by atoms with Crippen LogP contribution in [0.5, 0.6) is 0 Å². The van der Waals surface area contributed by atoms with Crippen molar-refractivity contribution in [2.24, 2.45) is 5.92 Å². The molecule has 0 aliphatic carbocycles. The number of amides is 1. The van der Waals surface area contributed by atoms with Gasteiger partial charge in [0, 0.05) is 19.7 Å². The van der Waals surface area contributed by atoms with E-state index in [1.807, 2.05) is 18.7 Å². The number of nitrogens with one attached hydrogen (secondary N) is 1. The van der Waals surface area contributed by atoms with Crippen molar-refractivity contribution < 1.29 is 19.4 Å². The summed E-state index contributed by atoms with van der Waals surface area (Å²) in [4.78, 5) is 24.3. The molecular weight excluding hydrogens is 236 g/mol. The monoisotopic (exact) mass is 260 g/mol. The Hall–Kier alpha value is -1.14. The van der Waals surface area contributed by atoms with E-state index in [0.29, 0.717) is 19.7 Å². The van der Waals surface area contributed by atoms with E-state index in [4.69, 9.17) is 9.84 Å². The molecule has 0 saturated heterocycles. The summed E-state index contributed by atoms with van der Waals surface area (Å²) >= 11 is 0. The maximum Gasteiger partial charge on any atom is 0.307 e. The van der Waals surface area contributed by atoms with E-state index in [2.05, 4.69) is 5.32 Å². The van der Waals surface area contributed by atoms with Crippen LogP contribution in [0.3, 0.4) is 0 Å². The maximum absolute atomic E-state index is 11.7. The third-order valence-electron chi connectivity index (χ3n) is 2.59. The van der Waals surface area contributed by atoms with Crippen molar-refractivity contribution in [3.05, 3.63) is 0 Å². The van der Waals surface area contributed by atoms with Gasteiger partial charge in [0.15, 0.2) is 0 Å². The minimum Gasteiger partial charge on any atom is -0.481 e. The molecule has 0 saturated carbocycles. The Bertz CT molecular complexity index is 271. The Labute approximate surface area is 108 Å². The van der Waals surface area contributed by atoms with Crippen LogP contribution in [0.25, 0.3) is 0 Å². The van der Waals surface area contributed by atoms with E-state index in [-0.39, 0.29) is 18.5 Å². The molecule has 6 nitrogen and oxygen atoms in total. The summed E-state index contributed by atoms with van der Waals surface area (Å²) in [5.41, 5.74) is 0. The van der Waals surface area contributed by atoms with Crippen LogP contribution in [0, 0.1) is 5.92 Å². The fraction of sp³-hybridized carbons (Fsp3) is 0.833. The number of carboxylic acid groups (broad SMARTS) is 1. The predicted molar refractivity (Wildman–Crippen MR) is 68.4 cm³/mol. The lowest BCUT2D eigenvalue weighted by molar-refractivity contribution is -0.142. The first kappa shape index (κ1) is 16.9. The van der Waals surface area contributed by atoms with Gasteiger partial charge >= 0.3 is 5.97 Å². The van der Waals surface area contributed by atoms with Gasteiger partial charge in [0.25, 0.3) is 0 Å². The highest BCUT2D eigenvalue weighted by Gasteiger charge is 2.17. The van der Waals surface area contributed by atoms with Crippen molar-refractivity contribution in [1.82, 2.24) is 10.2 Å². The number of carbonyl (C=O) groups excluding carboxylic acids is 1. The molecule has 0 heterocycles.